The average molecular weight is 337 g/mol. The van der Waals surface area contributed by atoms with Gasteiger partial charge in [0, 0.05) is 13.0 Å². The first kappa shape index (κ1) is 18.0. The highest BCUT2D eigenvalue weighted by Crippen LogP contribution is 2.29. The molecule has 2 aromatic carbocycles. The Labute approximate surface area is 138 Å². The predicted molar refractivity (Wildman–Crippen MR) is 84.2 cm³/mol. The highest BCUT2D eigenvalue weighted by atomic mass is 19.4. The molecule has 1 atom stereocenters. The number of amides is 1. The van der Waals surface area contributed by atoms with Crippen molar-refractivity contribution < 1.29 is 23.1 Å². The van der Waals surface area contributed by atoms with E-state index >= 15 is 0 Å². The van der Waals surface area contributed by atoms with Crippen molar-refractivity contribution in [3.05, 3.63) is 71.3 Å². The predicted octanol–water partition coefficient (Wildman–Crippen LogP) is 3.49. The Kier molecular flexibility index (Phi) is 5.98. The molecule has 0 saturated heterocycles. The van der Waals surface area contributed by atoms with E-state index in [0.717, 1.165) is 17.7 Å². The van der Waals surface area contributed by atoms with Gasteiger partial charge in [-0.05, 0) is 29.7 Å². The number of nitrogens with one attached hydrogen (secondary N) is 1. The Morgan fingerprint density at radius 3 is 2.25 bits per heavy atom. The number of benzene rings is 2. The molecule has 1 amide bonds. The summed E-state index contributed by atoms with van der Waals surface area (Å²) in [5, 5.41) is 12.5. The molecular weight excluding hydrogens is 319 g/mol. The lowest BCUT2D eigenvalue weighted by atomic mass is 10.1. The Balaban J connectivity index is 1.80. The number of carbonyl (C=O) groups excluding carboxylic acids is 1. The van der Waals surface area contributed by atoms with E-state index in [2.05, 4.69) is 5.32 Å². The first-order valence-corrected chi connectivity index (χ1v) is 7.52. The monoisotopic (exact) mass is 337 g/mol. The molecule has 2 N–H and O–H groups in total. The molecule has 6 heteroatoms. The van der Waals surface area contributed by atoms with Crippen LogP contribution in [-0.2, 0) is 17.4 Å². The minimum absolute atomic E-state index is 0.0427. The van der Waals surface area contributed by atoms with Crippen molar-refractivity contribution in [1.82, 2.24) is 5.32 Å². The van der Waals surface area contributed by atoms with Gasteiger partial charge in [-0.3, -0.25) is 4.79 Å². The molecule has 0 aliphatic rings. The van der Waals surface area contributed by atoms with E-state index in [9.17, 15) is 23.1 Å². The van der Waals surface area contributed by atoms with Crippen molar-refractivity contribution in [3.63, 3.8) is 0 Å². The summed E-state index contributed by atoms with van der Waals surface area (Å²) in [7, 11) is 0. The molecule has 0 aromatic heterocycles. The minimum atomic E-state index is -4.41. The van der Waals surface area contributed by atoms with Gasteiger partial charge in [-0.15, -0.1) is 0 Å². The number of aliphatic hydroxyl groups is 1. The molecule has 1 unspecified atom stereocenters. The molecule has 2 rings (SSSR count). The fourth-order valence-corrected chi connectivity index (χ4v) is 2.21. The van der Waals surface area contributed by atoms with Crippen LogP contribution in [0.5, 0.6) is 0 Å². The summed E-state index contributed by atoms with van der Waals surface area (Å²) in [5.74, 6) is -0.218. The molecule has 0 heterocycles. The van der Waals surface area contributed by atoms with Crippen molar-refractivity contribution in [2.45, 2.75) is 25.1 Å². The van der Waals surface area contributed by atoms with Gasteiger partial charge in [-0.1, -0.05) is 42.5 Å². The lowest BCUT2D eigenvalue weighted by molar-refractivity contribution is -0.137. The number of hydrogen-bond acceptors (Lipinski definition) is 2. The molecule has 0 bridgehead atoms. The van der Waals surface area contributed by atoms with Gasteiger partial charge in [0.05, 0.1) is 11.7 Å². The highest BCUT2D eigenvalue weighted by molar-refractivity contribution is 5.76. The van der Waals surface area contributed by atoms with Gasteiger partial charge in [-0.2, -0.15) is 13.2 Å². The summed E-state index contributed by atoms with van der Waals surface area (Å²) in [6, 6.07) is 13.8. The number of aryl methyl sites for hydroxylation is 1. The van der Waals surface area contributed by atoms with Gasteiger partial charge in [0.2, 0.25) is 5.91 Å². The Bertz CT molecular complexity index is 654. The maximum absolute atomic E-state index is 12.5. The van der Waals surface area contributed by atoms with Crippen LogP contribution in [0.2, 0.25) is 0 Å². The van der Waals surface area contributed by atoms with Crippen LogP contribution in [0.25, 0.3) is 0 Å². The van der Waals surface area contributed by atoms with Crippen LogP contribution in [0.4, 0.5) is 13.2 Å². The maximum atomic E-state index is 12.5. The minimum Gasteiger partial charge on any atom is -0.387 e. The zero-order chi connectivity index (χ0) is 17.6. The molecule has 0 spiro atoms. The fourth-order valence-electron chi connectivity index (χ4n) is 2.21. The SMILES string of the molecule is O=C(CCc1ccccc1)NCC(O)c1ccc(C(F)(F)F)cc1. The summed E-state index contributed by atoms with van der Waals surface area (Å²) in [4.78, 5) is 11.8. The van der Waals surface area contributed by atoms with Crippen LogP contribution in [0.1, 0.15) is 29.2 Å². The average Bonchev–Trinajstić information content (AvgIpc) is 2.58. The Morgan fingerprint density at radius 1 is 1.04 bits per heavy atom. The molecular formula is C18H18F3NO2. The number of alkyl halides is 3. The van der Waals surface area contributed by atoms with Gasteiger partial charge in [0.25, 0.3) is 0 Å². The molecule has 0 fully saturated rings. The summed E-state index contributed by atoms with van der Waals surface area (Å²) in [5.41, 5.74) is 0.590. The normalized spacial score (nSPS) is 12.7. The van der Waals surface area contributed by atoms with Crippen LogP contribution in [0.3, 0.4) is 0 Å². The quantitative estimate of drug-likeness (QED) is 0.848. The highest BCUT2D eigenvalue weighted by Gasteiger charge is 2.30. The van der Waals surface area contributed by atoms with Crippen molar-refractivity contribution in [2.24, 2.45) is 0 Å². The van der Waals surface area contributed by atoms with Gasteiger partial charge in [-0.25, -0.2) is 0 Å². The third kappa shape index (κ3) is 5.38. The smallest absolute Gasteiger partial charge is 0.387 e. The second kappa shape index (κ2) is 7.97. The van der Waals surface area contributed by atoms with Crippen LogP contribution in [0.15, 0.2) is 54.6 Å². The third-order valence-electron chi connectivity index (χ3n) is 3.60. The molecule has 128 valence electrons. The van der Waals surface area contributed by atoms with Crippen LogP contribution in [0, 0.1) is 0 Å². The van der Waals surface area contributed by atoms with Crippen molar-refractivity contribution in [2.75, 3.05) is 6.54 Å². The Morgan fingerprint density at radius 2 is 1.67 bits per heavy atom. The summed E-state index contributed by atoms with van der Waals surface area (Å²) in [6.45, 7) is -0.0427. The molecule has 0 aliphatic heterocycles. The molecule has 0 aliphatic carbocycles. The zero-order valence-corrected chi connectivity index (χ0v) is 12.9. The third-order valence-corrected chi connectivity index (χ3v) is 3.60. The van der Waals surface area contributed by atoms with Gasteiger partial charge in [0.1, 0.15) is 0 Å². The van der Waals surface area contributed by atoms with Crippen molar-refractivity contribution in [1.29, 1.82) is 0 Å². The van der Waals surface area contributed by atoms with E-state index in [1.54, 1.807) is 0 Å². The number of hydrogen-bond donors (Lipinski definition) is 2. The van der Waals surface area contributed by atoms with Crippen molar-refractivity contribution in [3.8, 4) is 0 Å². The summed E-state index contributed by atoms with van der Waals surface area (Å²) >= 11 is 0. The van der Waals surface area contributed by atoms with E-state index < -0.39 is 17.8 Å². The van der Waals surface area contributed by atoms with E-state index in [-0.39, 0.29) is 18.9 Å². The van der Waals surface area contributed by atoms with Crippen LogP contribution in [-0.4, -0.2) is 17.6 Å². The van der Waals surface area contributed by atoms with Crippen molar-refractivity contribution >= 4 is 5.91 Å². The maximum Gasteiger partial charge on any atom is 0.416 e. The van der Waals surface area contributed by atoms with Crippen LogP contribution < -0.4 is 5.32 Å². The zero-order valence-electron chi connectivity index (χ0n) is 12.9. The van der Waals surface area contributed by atoms with Gasteiger partial charge >= 0.3 is 6.18 Å². The molecule has 2 aromatic rings. The number of rotatable bonds is 6. The lowest BCUT2D eigenvalue weighted by Gasteiger charge is -2.13. The first-order valence-electron chi connectivity index (χ1n) is 7.52. The lowest BCUT2D eigenvalue weighted by Crippen LogP contribution is -2.28. The second-order valence-corrected chi connectivity index (χ2v) is 5.43. The van der Waals surface area contributed by atoms with E-state index in [4.69, 9.17) is 0 Å². The summed E-state index contributed by atoms with van der Waals surface area (Å²) < 4.78 is 37.4. The van der Waals surface area contributed by atoms with Gasteiger partial charge < -0.3 is 10.4 Å². The first-order chi connectivity index (χ1) is 11.4. The molecule has 0 radical (unpaired) electrons. The Hall–Kier alpha value is -2.34. The second-order valence-electron chi connectivity index (χ2n) is 5.43. The van der Waals surface area contributed by atoms with E-state index in [0.29, 0.717) is 12.0 Å². The number of carbonyl (C=O) groups is 1. The molecule has 3 nitrogen and oxygen atoms in total. The standard InChI is InChI=1S/C18H18F3NO2/c19-18(20,21)15-9-7-14(8-10-15)16(23)12-22-17(24)11-6-13-4-2-1-3-5-13/h1-5,7-10,16,23H,6,11-12H2,(H,22,24). The molecule has 24 heavy (non-hydrogen) atoms. The molecule has 0 saturated carbocycles. The number of halogens is 3. The fraction of sp³-hybridized carbons (Fsp3) is 0.278. The van der Waals surface area contributed by atoms with Gasteiger partial charge in [0.15, 0.2) is 0 Å². The summed E-state index contributed by atoms with van der Waals surface area (Å²) in [6.07, 6.45) is -4.59. The topological polar surface area (TPSA) is 49.3 Å². The van der Waals surface area contributed by atoms with E-state index in [1.807, 2.05) is 30.3 Å². The number of aliphatic hydroxyl groups excluding tert-OH is 1. The largest absolute Gasteiger partial charge is 0.416 e. The van der Waals surface area contributed by atoms with E-state index in [1.165, 1.54) is 12.1 Å². The van der Waals surface area contributed by atoms with Crippen LogP contribution >= 0.6 is 0 Å².